The van der Waals surface area contributed by atoms with Gasteiger partial charge in [0.15, 0.2) is 0 Å². The number of rotatable bonds is 5. The van der Waals surface area contributed by atoms with Crippen molar-refractivity contribution in [1.29, 1.82) is 0 Å². The van der Waals surface area contributed by atoms with Crippen LogP contribution in [-0.2, 0) is 24.9 Å². The third-order valence-corrected chi connectivity index (χ3v) is 2.38. The predicted molar refractivity (Wildman–Crippen MR) is 63.9 cm³/mol. The molecule has 9 heteroatoms. The lowest BCUT2D eigenvalue weighted by atomic mass is 10.3. The number of carbonyl (C=O) groups excluding carboxylic acids is 1. The van der Waals surface area contributed by atoms with Gasteiger partial charge in [0.2, 0.25) is 5.91 Å². The first-order valence-electron chi connectivity index (χ1n) is 5.45. The van der Waals surface area contributed by atoms with E-state index in [9.17, 15) is 14.9 Å². The van der Waals surface area contributed by atoms with Crippen molar-refractivity contribution < 1.29 is 9.72 Å². The molecule has 0 saturated heterocycles. The van der Waals surface area contributed by atoms with E-state index in [-0.39, 0.29) is 18.1 Å². The van der Waals surface area contributed by atoms with Crippen molar-refractivity contribution in [2.24, 2.45) is 7.05 Å². The summed E-state index contributed by atoms with van der Waals surface area (Å²) in [5.74, 6) is -0.276. The van der Waals surface area contributed by atoms with Gasteiger partial charge in [-0.2, -0.15) is 10.2 Å². The Hall–Kier alpha value is -2.71. The second-order valence-corrected chi connectivity index (χ2v) is 3.95. The van der Waals surface area contributed by atoms with Gasteiger partial charge < -0.3 is 5.32 Å². The molecule has 0 aliphatic carbocycles. The molecule has 2 heterocycles. The molecule has 2 aromatic rings. The van der Waals surface area contributed by atoms with Crippen molar-refractivity contribution in [1.82, 2.24) is 24.9 Å². The van der Waals surface area contributed by atoms with Crippen LogP contribution in [0.15, 0.2) is 24.8 Å². The van der Waals surface area contributed by atoms with Crippen LogP contribution in [-0.4, -0.2) is 30.4 Å². The molecule has 0 unspecified atom stereocenters. The minimum absolute atomic E-state index is 0.0614. The van der Waals surface area contributed by atoms with Gasteiger partial charge in [0.25, 0.3) is 0 Å². The number of aryl methyl sites for hydroxylation is 1. The molecule has 0 fully saturated rings. The molecule has 0 spiro atoms. The van der Waals surface area contributed by atoms with Crippen LogP contribution in [0.4, 0.5) is 5.69 Å². The highest BCUT2D eigenvalue weighted by Gasteiger charge is 2.11. The number of hydrogen-bond acceptors (Lipinski definition) is 5. The Morgan fingerprint density at radius 2 is 2.21 bits per heavy atom. The van der Waals surface area contributed by atoms with Gasteiger partial charge >= 0.3 is 5.69 Å². The Balaban J connectivity index is 1.85. The third-order valence-electron chi connectivity index (χ3n) is 2.38. The third kappa shape index (κ3) is 3.37. The Kier molecular flexibility index (Phi) is 3.55. The van der Waals surface area contributed by atoms with Gasteiger partial charge in [0.1, 0.15) is 18.9 Å². The molecule has 0 bridgehead atoms. The maximum atomic E-state index is 11.6. The Bertz CT molecular complexity index is 602. The first-order valence-corrected chi connectivity index (χ1v) is 5.45. The topological polar surface area (TPSA) is 108 Å². The molecular formula is C10H12N6O3. The first kappa shape index (κ1) is 12.7. The van der Waals surface area contributed by atoms with Crippen molar-refractivity contribution in [3.05, 3.63) is 40.5 Å². The molecule has 2 aromatic heterocycles. The number of amides is 1. The molecule has 2 rings (SSSR count). The molecule has 19 heavy (non-hydrogen) atoms. The van der Waals surface area contributed by atoms with Gasteiger partial charge in [-0.3, -0.25) is 24.3 Å². The van der Waals surface area contributed by atoms with E-state index >= 15 is 0 Å². The van der Waals surface area contributed by atoms with Gasteiger partial charge in [-0.1, -0.05) is 0 Å². The van der Waals surface area contributed by atoms with Gasteiger partial charge in [0.05, 0.1) is 11.1 Å². The van der Waals surface area contributed by atoms with Crippen LogP contribution in [0.3, 0.4) is 0 Å². The normalized spacial score (nSPS) is 10.4. The second-order valence-electron chi connectivity index (χ2n) is 3.95. The molecule has 9 nitrogen and oxygen atoms in total. The molecule has 100 valence electrons. The number of nitrogens with zero attached hydrogens (tertiary/aromatic N) is 5. The minimum atomic E-state index is -0.558. The summed E-state index contributed by atoms with van der Waals surface area (Å²) in [6.07, 6.45) is 5.76. The second kappa shape index (κ2) is 5.29. The smallest absolute Gasteiger partial charge is 0.307 e. The van der Waals surface area contributed by atoms with Crippen LogP contribution in [0.5, 0.6) is 0 Å². The van der Waals surface area contributed by atoms with Crippen LogP contribution in [0, 0.1) is 10.1 Å². The fraction of sp³-hybridized carbons (Fsp3) is 0.300. The molecule has 0 saturated carbocycles. The molecular weight excluding hydrogens is 252 g/mol. The SMILES string of the molecule is Cn1cc(CNC(=O)Cn2cc([N+](=O)[O-])cn2)cn1. The van der Waals surface area contributed by atoms with E-state index in [2.05, 4.69) is 15.5 Å². The van der Waals surface area contributed by atoms with Gasteiger partial charge in [0, 0.05) is 25.4 Å². The average Bonchev–Trinajstić information content (AvgIpc) is 2.96. The zero-order valence-electron chi connectivity index (χ0n) is 10.2. The highest BCUT2D eigenvalue weighted by Crippen LogP contribution is 2.07. The Morgan fingerprint density at radius 1 is 1.42 bits per heavy atom. The Morgan fingerprint density at radius 3 is 2.79 bits per heavy atom. The lowest BCUT2D eigenvalue weighted by molar-refractivity contribution is -0.385. The fourth-order valence-corrected chi connectivity index (χ4v) is 1.50. The quantitative estimate of drug-likeness (QED) is 0.596. The number of carbonyl (C=O) groups is 1. The van der Waals surface area contributed by atoms with Crippen molar-refractivity contribution >= 4 is 11.6 Å². The lowest BCUT2D eigenvalue weighted by Gasteiger charge is -2.03. The van der Waals surface area contributed by atoms with Crippen LogP contribution in [0.25, 0.3) is 0 Å². The Labute approximate surface area is 108 Å². The van der Waals surface area contributed by atoms with E-state index in [1.807, 2.05) is 0 Å². The summed E-state index contributed by atoms with van der Waals surface area (Å²) < 4.78 is 2.86. The zero-order valence-corrected chi connectivity index (χ0v) is 10.2. The van der Waals surface area contributed by atoms with Crippen LogP contribution in [0.2, 0.25) is 0 Å². The highest BCUT2D eigenvalue weighted by atomic mass is 16.6. The minimum Gasteiger partial charge on any atom is -0.350 e. The molecule has 0 aromatic carbocycles. The summed E-state index contributed by atoms with van der Waals surface area (Å²) in [5, 5.41) is 20.8. The van der Waals surface area contributed by atoms with Gasteiger partial charge in [-0.05, 0) is 0 Å². The van der Waals surface area contributed by atoms with Crippen LogP contribution < -0.4 is 5.32 Å². The van der Waals surface area contributed by atoms with Gasteiger partial charge in [-0.15, -0.1) is 0 Å². The number of nitro groups is 1. The van der Waals surface area contributed by atoms with E-state index in [1.165, 1.54) is 10.9 Å². The highest BCUT2D eigenvalue weighted by molar-refractivity contribution is 5.75. The molecule has 0 aliphatic rings. The maximum Gasteiger partial charge on any atom is 0.307 e. The molecule has 1 N–H and O–H groups in total. The first-order chi connectivity index (χ1) is 9.04. The number of nitrogens with one attached hydrogen (secondary N) is 1. The standard InChI is InChI=1S/C10H12N6O3/c1-14-5-8(3-12-14)2-11-10(17)7-15-6-9(4-13-15)16(18)19/h3-6H,2,7H2,1H3,(H,11,17). The summed E-state index contributed by atoms with van der Waals surface area (Å²) >= 11 is 0. The number of aromatic nitrogens is 4. The largest absolute Gasteiger partial charge is 0.350 e. The van der Waals surface area contributed by atoms with Gasteiger partial charge in [-0.25, -0.2) is 0 Å². The van der Waals surface area contributed by atoms with E-state index in [0.29, 0.717) is 6.54 Å². The fourth-order valence-electron chi connectivity index (χ4n) is 1.50. The van der Waals surface area contributed by atoms with E-state index in [1.54, 1.807) is 24.1 Å². The molecule has 0 radical (unpaired) electrons. The molecule has 0 aliphatic heterocycles. The van der Waals surface area contributed by atoms with E-state index < -0.39 is 4.92 Å². The lowest BCUT2D eigenvalue weighted by Crippen LogP contribution is -2.27. The van der Waals surface area contributed by atoms with E-state index in [0.717, 1.165) is 11.8 Å². The van der Waals surface area contributed by atoms with E-state index in [4.69, 9.17) is 0 Å². The van der Waals surface area contributed by atoms with Crippen molar-refractivity contribution in [3.63, 3.8) is 0 Å². The van der Waals surface area contributed by atoms with Crippen molar-refractivity contribution in [3.8, 4) is 0 Å². The number of hydrogen-bond donors (Lipinski definition) is 1. The summed E-state index contributed by atoms with van der Waals surface area (Å²) in [6, 6.07) is 0. The summed E-state index contributed by atoms with van der Waals surface area (Å²) in [4.78, 5) is 21.5. The van der Waals surface area contributed by atoms with Crippen LogP contribution in [0.1, 0.15) is 5.56 Å². The predicted octanol–water partition coefficient (Wildman–Crippen LogP) is -0.159. The van der Waals surface area contributed by atoms with Crippen molar-refractivity contribution in [2.75, 3.05) is 0 Å². The summed E-state index contributed by atoms with van der Waals surface area (Å²) in [5.41, 5.74) is 0.738. The maximum absolute atomic E-state index is 11.6. The van der Waals surface area contributed by atoms with Crippen molar-refractivity contribution in [2.45, 2.75) is 13.1 Å². The molecule has 1 amide bonds. The summed E-state index contributed by atoms with van der Waals surface area (Å²) in [6.45, 7) is 0.296. The van der Waals surface area contributed by atoms with Crippen LogP contribution >= 0.6 is 0 Å². The monoisotopic (exact) mass is 264 g/mol. The molecule has 0 atom stereocenters. The zero-order chi connectivity index (χ0) is 13.8. The average molecular weight is 264 g/mol. The summed E-state index contributed by atoms with van der Waals surface area (Å²) in [7, 11) is 1.79.